The Morgan fingerprint density at radius 2 is 2.27 bits per heavy atom. The summed E-state index contributed by atoms with van der Waals surface area (Å²) in [6.07, 6.45) is 1.11. The van der Waals surface area contributed by atoms with E-state index in [1.165, 1.54) is 6.92 Å². The number of epoxide rings is 1. The van der Waals surface area contributed by atoms with E-state index in [9.17, 15) is 4.79 Å². The van der Waals surface area contributed by atoms with Crippen LogP contribution in [-0.2, 0) is 14.3 Å². The number of ether oxygens (including phenoxy) is 2. The van der Waals surface area contributed by atoms with Crippen molar-refractivity contribution in [2.75, 3.05) is 6.61 Å². The van der Waals surface area contributed by atoms with Gasteiger partial charge >= 0.3 is 5.97 Å². The third kappa shape index (κ3) is 3.37. The van der Waals surface area contributed by atoms with Crippen molar-refractivity contribution in [3.05, 3.63) is 0 Å². The smallest absolute Gasteiger partial charge is 0.303 e. The van der Waals surface area contributed by atoms with Crippen LogP contribution in [0, 0.1) is 0 Å². The molecule has 1 rings (SSSR count). The Hall–Kier alpha value is -0.570. The summed E-state index contributed by atoms with van der Waals surface area (Å²) < 4.78 is 10.1. The van der Waals surface area contributed by atoms with E-state index in [2.05, 4.69) is 0 Å². The van der Waals surface area contributed by atoms with E-state index in [0.29, 0.717) is 6.10 Å². The van der Waals surface area contributed by atoms with Gasteiger partial charge in [0.15, 0.2) is 0 Å². The quantitative estimate of drug-likeness (QED) is 0.456. The Morgan fingerprint density at radius 1 is 1.73 bits per heavy atom. The summed E-state index contributed by atoms with van der Waals surface area (Å²) >= 11 is 0. The Balaban J connectivity index is 2.30. The van der Waals surface area contributed by atoms with Gasteiger partial charge in [0.1, 0.15) is 5.60 Å². The Kier molecular flexibility index (Phi) is 2.18. The molecule has 1 aliphatic rings. The maximum absolute atomic E-state index is 10.6. The van der Waals surface area contributed by atoms with Crippen LogP contribution in [0.4, 0.5) is 0 Å². The lowest BCUT2D eigenvalue weighted by molar-refractivity contribution is -0.154. The van der Waals surface area contributed by atoms with Crippen LogP contribution >= 0.6 is 0 Å². The van der Waals surface area contributed by atoms with Crippen LogP contribution in [-0.4, -0.2) is 24.3 Å². The van der Waals surface area contributed by atoms with Crippen molar-refractivity contribution in [2.45, 2.75) is 38.9 Å². The van der Waals surface area contributed by atoms with Crippen molar-refractivity contribution in [2.24, 2.45) is 0 Å². The van der Waals surface area contributed by atoms with Crippen LogP contribution in [0.25, 0.3) is 0 Å². The summed E-state index contributed by atoms with van der Waals surface area (Å²) in [4.78, 5) is 10.6. The zero-order chi connectivity index (χ0) is 8.48. The van der Waals surface area contributed by atoms with Crippen LogP contribution in [0.3, 0.4) is 0 Å². The lowest BCUT2D eigenvalue weighted by Crippen LogP contribution is -2.28. The zero-order valence-corrected chi connectivity index (χ0v) is 7.22. The molecule has 1 saturated heterocycles. The van der Waals surface area contributed by atoms with E-state index in [4.69, 9.17) is 9.47 Å². The molecule has 0 radical (unpaired) electrons. The topological polar surface area (TPSA) is 38.8 Å². The molecule has 0 spiro atoms. The fourth-order valence-electron chi connectivity index (χ4n) is 1.16. The summed E-state index contributed by atoms with van der Waals surface area (Å²) in [6.45, 7) is 6.03. The summed E-state index contributed by atoms with van der Waals surface area (Å²) in [5, 5.41) is 0. The molecule has 0 aromatic rings. The Labute approximate surface area is 66.7 Å². The highest BCUT2D eigenvalue weighted by Crippen LogP contribution is 2.24. The first-order chi connectivity index (χ1) is 4.99. The number of carbonyl (C=O) groups excluding carboxylic acids is 1. The largest absolute Gasteiger partial charge is 0.460 e. The van der Waals surface area contributed by atoms with Crippen LogP contribution in [0.1, 0.15) is 27.2 Å². The van der Waals surface area contributed by atoms with Gasteiger partial charge in [-0.1, -0.05) is 0 Å². The fourth-order valence-corrected chi connectivity index (χ4v) is 1.16. The molecule has 1 unspecified atom stereocenters. The molecule has 0 aliphatic carbocycles. The number of rotatable bonds is 3. The van der Waals surface area contributed by atoms with Crippen molar-refractivity contribution >= 4 is 5.97 Å². The van der Waals surface area contributed by atoms with E-state index in [0.717, 1.165) is 13.0 Å². The number of hydrogen-bond acceptors (Lipinski definition) is 3. The standard InChI is InChI=1S/C8H14O3/c1-6(9)11-8(2,3)4-7-5-10-7/h7H,4-5H2,1-3H3. The predicted octanol–water partition coefficient (Wildman–Crippen LogP) is 1.12. The molecule has 64 valence electrons. The maximum atomic E-state index is 10.6. The van der Waals surface area contributed by atoms with Gasteiger partial charge in [-0.25, -0.2) is 0 Å². The predicted molar refractivity (Wildman–Crippen MR) is 40.2 cm³/mol. The van der Waals surface area contributed by atoms with Crippen LogP contribution < -0.4 is 0 Å². The molecule has 1 fully saturated rings. The third-order valence-corrected chi connectivity index (χ3v) is 1.54. The highest BCUT2D eigenvalue weighted by atomic mass is 16.6. The van der Waals surface area contributed by atoms with Gasteiger partial charge in [0.2, 0.25) is 0 Å². The summed E-state index contributed by atoms with van der Waals surface area (Å²) in [7, 11) is 0. The molecular formula is C8H14O3. The van der Waals surface area contributed by atoms with Gasteiger partial charge in [0, 0.05) is 13.3 Å². The molecule has 3 nitrogen and oxygen atoms in total. The monoisotopic (exact) mass is 158 g/mol. The highest BCUT2D eigenvalue weighted by Gasteiger charge is 2.33. The number of carbonyl (C=O) groups is 1. The SMILES string of the molecule is CC(=O)OC(C)(C)CC1CO1. The summed E-state index contributed by atoms with van der Waals surface area (Å²) in [5.74, 6) is -0.226. The summed E-state index contributed by atoms with van der Waals surface area (Å²) in [6, 6.07) is 0. The van der Waals surface area contributed by atoms with Gasteiger partial charge in [-0.05, 0) is 13.8 Å². The Morgan fingerprint density at radius 3 is 2.64 bits per heavy atom. The van der Waals surface area contributed by atoms with Crippen molar-refractivity contribution in [1.29, 1.82) is 0 Å². The molecular weight excluding hydrogens is 144 g/mol. The van der Waals surface area contributed by atoms with Gasteiger partial charge in [0.05, 0.1) is 12.7 Å². The zero-order valence-electron chi connectivity index (χ0n) is 7.22. The molecule has 0 bridgehead atoms. The average Bonchev–Trinajstić information content (AvgIpc) is 2.43. The van der Waals surface area contributed by atoms with E-state index in [-0.39, 0.29) is 11.6 Å². The summed E-state index contributed by atoms with van der Waals surface area (Å²) in [5.41, 5.74) is -0.368. The van der Waals surface area contributed by atoms with Crippen molar-refractivity contribution < 1.29 is 14.3 Å². The van der Waals surface area contributed by atoms with E-state index >= 15 is 0 Å². The van der Waals surface area contributed by atoms with Crippen molar-refractivity contribution in [3.63, 3.8) is 0 Å². The Bertz CT molecular complexity index is 159. The lowest BCUT2D eigenvalue weighted by atomic mass is 10.0. The molecule has 11 heavy (non-hydrogen) atoms. The van der Waals surface area contributed by atoms with Crippen LogP contribution in [0.2, 0.25) is 0 Å². The van der Waals surface area contributed by atoms with Crippen LogP contribution in [0.5, 0.6) is 0 Å². The molecule has 3 heteroatoms. The molecule has 0 saturated carbocycles. The fraction of sp³-hybridized carbons (Fsp3) is 0.875. The van der Waals surface area contributed by atoms with Crippen LogP contribution in [0.15, 0.2) is 0 Å². The second-order valence-electron chi connectivity index (χ2n) is 3.51. The van der Waals surface area contributed by atoms with Crippen molar-refractivity contribution in [3.8, 4) is 0 Å². The van der Waals surface area contributed by atoms with Gasteiger partial charge < -0.3 is 9.47 Å². The maximum Gasteiger partial charge on any atom is 0.303 e. The molecule has 1 heterocycles. The lowest BCUT2D eigenvalue weighted by Gasteiger charge is -2.23. The minimum atomic E-state index is -0.368. The second kappa shape index (κ2) is 2.81. The van der Waals surface area contributed by atoms with Gasteiger partial charge in [0.25, 0.3) is 0 Å². The van der Waals surface area contributed by atoms with Gasteiger partial charge in [-0.2, -0.15) is 0 Å². The van der Waals surface area contributed by atoms with E-state index in [1.54, 1.807) is 0 Å². The first kappa shape index (κ1) is 8.53. The molecule has 1 atom stereocenters. The first-order valence-electron chi connectivity index (χ1n) is 3.81. The number of esters is 1. The van der Waals surface area contributed by atoms with Crippen molar-refractivity contribution in [1.82, 2.24) is 0 Å². The normalized spacial score (nSPS) is 23.0. The van der Waals surface area contributed by atoms with E-state index < -0.39 is 0 Å². The molecule has 1 aliphatic heterocycles. The molecule has 0 aromatic heterocycles. The minimum Gasteiger partial charge on any atom is -0.460 e. The minimum absolute atomic E-state index is 0.226. The third-order valence-electron chi connectivity index (χ3n) is 1.54. The molecule has 0 amide bonds. The highest BCUT2D eigenvalue weighted by molar-refractivity contribution is 5.66. The first-order valence-corrected chi connectivity index (χ1v) is 3.81. The van der Waals surface area contributed by atoms with Gasteiger partial charge in [-0.3, -0.25) is 4.79 Å². The van der Waals surface area contributed by atoms with E-state index in [1.807, 2.05) is 13.8 Å². The van der Waals surface area contributed by atoms with Gasteiger partial charge in [-0.15, -0.1) is 0 Å². The molecule has 0 aromatic carbocycles. The average molecular weight is 158 g/mol. The molecule has 0 N–H and O–H groups in total. The second-order valence-corrected chi connectivity index (χ2v) is 3.51. The number of hydrogen-bond donors (Lipinski definition) is 0.